The minimum absolute atomic E-state index is 0.718. The van der Waals surface area contributed by atoms with Gasteiger partial charge in [0.1, 0.15) is 0 Å². The number of hydrogen-bond donors (Lipinski definition) is 1. The Morgan fingerprint density at radius 1 is 0.947 bits per heavy atom. The highest BCUT2D eigenvalue weighted by molar-refractivity contribution is 8.03. The fraction of sp³-hybridized carbons (Fsp3) is 0.143. The Balaban J connectivity index is 1.82. The molecule has 2 aromatic rings. The number of halogens is 2. The zero-order valence-electron chi connectivity index (χ0n) is 10.1. The van der Waals surface area contributed by atoms with Crippen LogP contribution in [-0.2, 0) is 0 Å². The molecule has 0 saturated heterocycles. The zero-order valence-corrected chi connectivity index (χ0v) is 13.3. The third-order valence-corrected chi connectivity index (χ3v) is 5.35. The third-order valence-electron chi connectivity index (χ3n) is 2.36. The zero-order chi connectivity index (χ0) is 13.7. The summed E-state index contributed by atoms with van der Waals surface area (Å²) in [5.74, 6) is 1.97. The second-order valence-electron chi connectivity index (χ2n) is 3.84. The van der Waals surface area contributed by atoms with Crippen LogP contribution in [-0.4, -0.2) is 11.5 Å². The number of nitrogens with two attached hydrogens (primary N) is 1. The van der Waals surface area contributed by atoms with Gasteiger partial charge in [-0.1, -0.05) is 29.3 Å². The first-order valence-electron chi connectivity index (χ1n) is 5.71. The fourth-order valence-electron chi connectivity index (χ4n) is 1.50. The van der Waals surface area contributed by atoms with Gasteiger partial charge in [-0.3, -0.25) is 0 Å². The van der Waals surface area contributed by atoms with Crippen LogP contribution in [0.15, 0.2) is 52.3 Å². The lowest BCUT2D eigenvalue weighted by Gasteiger charge is -2.05. The molecular weight excluding hydrogens is 317 g/mol. The maximum Gasteiger partial charge on any atom is 0.0542 e. The molecule has 0 bridgehead atoms. The topological polar surface area (TPSA) is 26.0 Å². The predicted octanol–water partition coefficient (Wildman–Crippen LogP) is 5.46. The highest BCUT2D eigenvalue weighted by Gasteiger charge is 2.02. The summed E-state index contributed by atoms with van der Waals surface area (Å²) < 4.78 is 0. The summed E-state index contributed by atoms with van der Waals surface area (Å²) in [6, 6.07) is 13.5. The van der Waals surface area contributed by atoms with Gasteiger partial charge in [0, 0.05) is 32.0 Å². The van der Waals surface area contributed by atoms with Gasteiger partial charge in [0.2, 0.25) is 0 Å². The molecule has 2 aromatic carbocycles. The molecule has 0 saturated carbocycles. The van der Waals surface area contributed by atoms with Crippen molar-refractivity contribution < 1.29 is 0 Å². The molecule has 5 heteroatoms. The first kappa shape index (κ1) is 14.9. The van der Waals surface area contributed by atoms with Crippen molar-refractivity contribution in [2.24, 2.45) is 0 Å². The molecule has 0 fully saturated rings. The van der Waals surface area contributed by atoms with E-state index in [1.807, 2.05) is 30.3 Å². The van der Waals surface area contributed by atoms with Crippen LogP contribution in [0.3, 0.4) is 0 Å². The molecule has 0 aromatic heterocycles. The number of hydrogen-bond acceptors (Lipinski definition) is 3. The van der Waals surface area contributed by atoms with E-state index < -0.39 is 0 Å². The van der Waals surface area contributed by atoms with Crippen molar-refractivity contribution in [2.45, 2.75) is 9.79 Å². The Morgan fingerprint density at radius 2 is 1.74 bits per heavy atom. The molecule has 0 unspecified atom stereocenters. The smallest absolute Gasteiger partial charge is 0.0542 e. The van der Waals surface area contributed by atoms with Crippen molar-refractivity contribution in [3.8, 4) is 0 Å². The Bertz CT molecular complexity index is 561. The lowest BCUT2D eigenvalue weighted by Crippen LogP contribution is -1.87. The minimum atomic E-state index is 0.718. The number of rotatable bonds is 5. The first-order valence-corrected chi connectivity index (χ1v) is 8.44. The van der Waals surface area contributed by atoms with E-state index in [9.17, 15) is 0 Å². The van der Waals surface area contributed by atoms with Crippen LogP contribution in [0.1, 0.15) is 0 Å². The van der Waals surface area contributed by atoms with E-state index in [0.717, 1.165) is 32.1 Å². The molecule has 0 aliphatic rings. The van der Waals surface area contributed by atoms with Crippen molar-refractivity contribution in [3.63, 3.8) is 0 Å². The lowest BCUT2D eigenvalue weighted by molar-refractivity contribution is 1.41. The summed E-state index contributed by atoms with van der Waals surface area (Å²) >= 11 is 15.6. The summed E-state index contributed by atoms with van der Waals surface area (Å²) in [5.41, 5.74) is 6.54. The molecule has 0 spiro atoms. The number of thioether (sulfide) groups is 2. The molecule has 0 heterocycles. The predicted molar refractivity (Wildman–Crippen MR) is 88.8 cm³/mol. The van der Waals surface area contributed by atoms with E-state index in [2.05, 4.69) is 6.07 Å². The maximum atomic E-state index is 6.11. The van der Waals surface area contributed by atoms with Gasteiger partial charge in [0.05, 0.1) is 5.02 Å². The van der Waals surface area contributed by atoms with Crippen LogP contribution in [0.5, 0.6) is 0 Å². The Morgan fingerprint density at radius 3 is 2.53 bits per heavy atom. The molecule has 2 rings (SSSR count). The van der Waals surface area contributed by atoms with Gasteiger partial charge in [-0.2, -0.15) is 0 Å². The largest absolute Gasteiger partial charge is 0.399 e. The van der Waals surface area contributed by atoms with Gasteiger partial charge < -0.3 is 5.73 Å². The summed E-state index contributed by atoms with van der Waals surface area (Å²) in [6.07, 6.45) is 0. The van der Waals surface area contributed by atoms with Crippen molar-refractivity contribution in [2.75, 3.05) is 17.2 Å². The molecule has 0 aliphatic heterocycles. The highest BCUT2D eigenvalue weighted by atomic mass is 35.5. The standard InChI is InChI=1S/C14H13Cl2NS2/c15-10-4-5-13(16)14(8-10)19-7-6-18-12-3-1-2-11(17)9-12/h1-5,8-9H,6-7,17H2. The van der Waals surface area contributed by atoms with Crippen LogP contribution >= 0.6 is 46.7 Å². The molecule has 2 N–H and O–H groups in total. The van der Waals surface area contributed by atoms with E-state index >= 15 is 0 Å². The van der Waals surface area contributed by atoms with E-state index in [-0.39, 0.29) is 0 Å². The summed E-state index contributed by atoms with van der Waals surface area (Å²) in [6.45, 7) is 0. The Labute approximate surface area is 131 Å². The first-order chi connectivity index (χ1) is 9.15. The molecule has 0 radical (unpaired) electrons. The summed E-state index contributed by atoms with van der Waals surface area (Å²) in [7, 11) is 0. The monoisotopic (exact) mass is 329 g/mol. The quantitative estimate of drug-likeness (QED) is 0.448. The molecular formula is C14H13Cl2NS2. The van der Waals surface area contributed by atoms with Crippen LogP contribution in [0, 0.1) is 0 Å². The molecule has 0 atom stereocenters. The molecule has 1 nitrogen and oxygen atoms in total. The van der Waals surface area contributed by atoms with Crippen molar-refractivity contribution in [3.05, 3.63) is 52.5 Å². The van der Waals surface area contributed by atoms with E-state index in [0.29, 0.717) is 0 Å². The third kappa shape index (κ3) is 4.84. The van der Waals surface area contributed by atoms with Gasteiger partial charge in [0.25, 0.3) is 0 Å². The molecule has 0 aliphatic carbocycles. The van der Waals surface area contributed by atoms with Crippen molar-refractivity contribution >= 4 is 52.4 Å². The Hall–Kier alpha value is -0.480. The normalized spacial score (nSPS) is 10.6. The fourth-order valence-corrected chi connectivity index (χ4v) is 3.95. The van der Waals surface area contributed by atoms with E-state index in [1.54, 1.807) is 29.6 Å². The minimum Gasteiger partial charge on any atom is -0.399 e. The van der Waals surface area contributed by atoms with Gasteiger partial charge in [0.15, 0.2) is 0 Å². The van der Waals surface area contributed by atoms with Crippen LogP contribution in [0.4, 0.5) is 5.69 Å². The van der Waals surface area contributed by atoms with Gasteiger partial charge >= 0.3 is 0 Å². The van der Waals surface area contributed by atoms with Crippen LogP contribution in [0.25, 0.3) is 0 Å². The van der Waals surface area contributed by atoms with Crippen molar-refractivity contribution in [1.29, 1.82) is 0 Å². The second kappa shape index (κ2) is 7.34. The second-order valence-corrected chi connectivity index (χ2v) is 6.99. The lowest BCUT2D eigenvalue weighted by atomic mass is 10.3. The maximum absolute atomic E-state index is 6.11. The van der Waals surface area contributed by atoms with E-state index in [1.165, 1.54) is 4.90 Å². The van der Waals surface area contributed by atoms with Crippen LogP contribution < -0.4 is 5.73 Å². The van der Waals surface area contributed by atoms with Gasteiger partial charge in [-0.05, 0) is 36.4 Å². The number of nitrogen functional groups attached to an aromatic ring is 1. The average Bonchev–Trinajstić information content (AvgIpc) is 2.39. The van der Waals surface area contributed by atoms with Crippen LogP contribution in [0.2, 0.25) is 10.0 Å². The summed E-state index contributed by atoms with van der Waals surface area (Å²) in [4.78, 5) is 2.22. The average molecular weight is 330 g/mol. The van der Waals surface area contributed by atoms with Gasteiger partial charge in [-0.25, -0.2) is 0 Å². The summed E-state index contributed by atoms with van der Waals surface area (Å²) in [5, 5.41) is 1.47. The number of anilines is 1. The number of benzene rings is 2. The molecule has 19 heavy (non-hydrogen) atoms. The van der Waals surface area contributed by atoms with Gasteiger partial charge in [-0.15, -0.1) is 23.5 Å². The Kier molecular flexibility index (Phi) is 5.76. The molecule has 0 amide bonds. The SMILES string of the molecule is Nc1cccc(SCCSc2cc(Cl)ccc2Cl)c1. The highest BCUT2D eigenvalue weighted by Crippen LogP contribution is 2.31. The van der Waals surface area contributed by atoms with E-state index in [4.69, 9.17) is 28.9 Å². The molecule has 100 valence electrons. The van der Waals surface area contributed by atoms with Crippen molar-refractivity contribution in [1.82, 2.24) is 0 Å².